The third-order valence-corrected chi connectivity index (χ3v) is 3.12. The number of aromatic nitrogens is 4. The Morgan fingerprint density at radius 2 is 1.95 bits per heavy atom. The van der Waals surface area contributed by atoms with E-state index in [9.17, 15) is 0 Å². The van der Waals surface area contributed by atoms with Crippen molar-refractivity contribution in [2.24, 2.45) is 0 Å². The lowest BCUT2D eigenvalue weighted by Crippen LogP contribution is -2.03. The summed E-state index contributed by atoms with van der Waals surface area (Å²) in [5, 5.41) is 18.4. The summed E-state index contributed by atoms with van der Waals surface area (Å²) in [6.45, 7) is 3.78. The van der Waals surface area contributed by atoms with Crippen LogP contribution in [0, 0.1) is 13.8 Å². The zero-order valence-corrected chi connectivity index (χ0v) is 12.7. The van der Waals surface area contributed by atoms with Gasteiger partial charge in [0.05, 0.1) is 6.20 Å². The zero-order valence-electron chi connectivity index (χ0n) is 12.0. The number of nitrogens with zero attached hydrogens (tertiary/aromatic N) is 4. The fourth-order valence-corrected chi connectivity index (χ4v) is 1.99. The van der Waals surface area contributed by atoms with Gasteiger partial charge in [0.15, 0.2) is 11.6 Å². The van der Waals surface area contributed by atoms with Crippen molar-refractivity contribution in [2.75, 3.05) is 10.6 Å². The Bertz CT molecular complexity index is 804. The molecule has 0 saturated carbocycles. The molecule has 2 heterocycles. The van der Waals surface area contributed by atoms with E-state index in [1.54, 1.807) is 12.1 Å². The second kappa shape index (κ2) is 5.98. The van der Waals surface area contributed by atoms with Crippen LogP contribution in [0.3, 0.4) is 0 Å². The second-order valence-electron chi connectivity index (χ2n) is 4.70. The van der Waals surface area contributed by atoms with Gasteiger partial charge in [-0.2, -0.15) is 10.1 Å². The first-order valence-electron chi connectivity index (χ1n) is 6.53. The van der Waals surface area contributed by atoms with Crippen molar-refractivity contribution >= 4 is 34.9 Å². The number of anilines is 4. The summed E-state index contributed by atoms with van der Waals surface area (Å²) in [4.78, 5) is 4.32. The summed E-state index contributed by atoms with van der Waals surface area (Å²) in [7, 11) is 0. The normalized spacial score (nSPS) is 10.5. The molecule has 0 unspecified atom stereocenters. The number of halogens is 1. The summed E-state index contributed by atoms with van der Waals surface area (Å²) < 4.78 is 4.98. The van der Waals surface area contributed by atoms with Gasteiger partial charge in [0.25, 0.3) is 0 Å². The molecule has 0 fully saturated rings. The Morgan fingerprint density at radius 3 is 2.73 bits per heavy atom. The molecule has 2 aromatic heterocycles. The van der Waals surface area contributed by atoms with Gasteiger partial charge in [0.1, 0.15) is 5.76 Å². The first-order valence-corrected chi connectivity index (χ1v) is 6.91. The summed E-state index contributed by atoms with van der Waals surface area (Å²) in [5.74, 6) is 2.13. The highest BCUT2D eigenvalue weighted by molar-refractivity contribution is 6.30. The maximum absolute atomic E-state index is 6.00. The van der Waals surface area contributed by atoms with E-state index < -0.39 is 0 Å². The fourth-order valence-electron chi connectivity index (χ4n) is 1.82. The van der Waals surface area contributed by atoms with Crippen LogP contribution in [-0.2, 0) is 0 Å². The van der Waals surface area contributed by atoms with Crippen molar-refractivity contribution in [1.29, 1.82) is 0 Å². The predicted molar refractivity (Wildman–Crippen MR) is 83.8 cm³/mol. The van der Waals surface area contributed by atoms with E-state index in [0.29, 0.717) is 28.4 Å². The smallest absolute Gasteiger partial charge is 0.249 e. The molecular formula is C14H13ClN6O. The number of hydrogen-bond donors (Lipinski definition) is 2. The molecule has 3 aromatic rings. The fraction of sp³-hybridized carbons (Fsp3) is 0.143. The first kappa shape index (κ1) is 14.3. The van der Waals surface area contributed by atoms with Crippen LogP contribution in [0.25, 0.3) is 0 Å². The van der Waals surface area contributed by atoms with Crippen LogP contribution >= 0.6 is 11.6 Å². The molecule has 0 radical (unpaired) electrons. The average Bonchev–Trinajstić information content (AvgIpc) is 2.88. The van der Waals surface area contributed by atoms with Crippen LogP contribution in [-0.4, -0.2) is 20.3 Å². The molecule has 0 spiro atoms. The van der Waals surface area contributed by atoms with Crippen LogP contribution in [0.4, 0.5) is 23.3 Å². The van der Waals surface area contributed by atoms with E-state index in [-0.39, 0.29) is 0 Å². The van der Waals surface area contributed by atoms with Gasteiger partial charge in [-0.25, -0.2) is 0 Å². The molecule has 2 N–H and O–H groups in total. The minimum absolute atomic E-state index is 0.357. The van der Waals surface area contributed by atoms with Gasteiger partial charge in [-0.1, -0.05) is 22.8 Å². The van der Waals surface area contributed by atoms with E-state index in [2.05, 4.69) is 31.0 Å². The van der Waals surface area contributed by atoms with Crippen molar-refractivity contribution in [2.45, 2.75) is 13.8 Å². The number of benzene rings is 1. The molecule has 0 amide bonds. The Hall–Kier alpha value is -2.67. The molecule has 0 saturated heterocycles. The quantitative estimate of drug-likeness (QED) is 0.759. The number of aryl methyl sites for hydroxylation is 2. The first-order chi connectivity index (χ1) is 10.6. The van der Waals surface area contributed by atoms with Crippen molar-refractivity contribution in [1.82, 2.24) is 20.3 Å². The average molecular weight is 317 g/mol. The zero-order chi connectivity index (χ0) is 15.5. The van der Waals surface area contributed by atoms with Gasteiger partial charge in [-0.3, -0.25) is 0 Å². The summed E-state index contributed by atoms with van der Waals surface area (Å²) in [6, 6.07) is 7.31. The SMILES string of the molecule is Cc1cc(Nc2cnnc(Nc3cc(Cl)ccc3C)n2)no1. The van der Waals surface area contributed by atoms with Crippen LogP contribution in [0.1, 0.15) is 11.3 Å². The summed E-state index contributed by atoms with van der Waals surface area (Å²) in [6.07, 6.45) is 1.50. The second-order valence-corrected chi connectivity index (χ2v) is 5.13. The van der Waals surface area contributed by atoms with Gasteiger partial charge >= 0.3 is 0 Å². The molecule has 0 aliphatic carbocycles. The molecule has 22 heavy (non-hydrogen) atoms. The van der Waals surface area contributed by atoms with Crippen molar-refractivity contribution in [3.8, 4) is 0 Å². The lowest BCUT2D eigenvalue weighted by molar-refractivity contribution is 0.400. The van der Waals surface area contributed by atoms with Crippen LogP contribution < -0.4 is 10.6 Å². The van der Waals surface area contributed by atoms with E-state index in [4.69, 9.17) is 16.1 Å². The van der Waals surface area contributed by atoms with E-state index in [1.807, 2.05) is 26.0 Å². The maximum Gasteiger partial charge on any atom is 0.249 e. The molecular weight excluding hydrogens is 304 g/mol. The summed E-state index contributed by atoms with van der Waals surface area (Å²) >= 11 is 6.00. The maximum atomic E-state index is 6.00. The topological polar surface area (TPSA) is 88.8 Å². The molecule has 8 heteroatoms. The van der Waals surface area contributed by atoms with Crippen LogP contribution in [0.15, 0.2) is 35.0 Å². The standard InChI is InChI=1S/C14H13ClN6O/c1-8-3-4-10(15)6-11(8)17-14-19-13(7-16-20-14)18-12-5-9(2)22-21-12/h3-7H,1-2H3,(H2,17,18,19,20,21). The third-order valence-electron chi connectivity index (χ3n) is 2.89. The van der Waals surface area contributed by atoms with Crippen LogP contribution in [0.5, 0.6) is 0 Å². The minimum Gasteiger partial charge on any atom is -0.360 e. The summed E-state index contributed by atoms with van der Waals surface area (Å²) in [5.41, 5.74) is 1.85. The van der Waals surface area contributed by atoms with E-state index in [0.717, 1.165) is 11.3 Å². The van der Waals surface area contributed by atoms with Gasteiger partial charge in [-0.15, -0.1) is 5.10 Å². The largest absolute Gasteiger partial charge is 0.360 e. The molecule has 112 valence electrons. The highest BCUT2D eigenvalue weighted by Gasteiger charge is 2.06. The number of hydrogen-bond acceptors (Lipinski definition) is 7. The highest BCUT2D eigenvalue weighted by Crippen LogP contribution is 2.23. The number of rotatable bonds is 4. The molecule has 0 aliphatic rings. The Morgan fingerprint density at radius 1 is 1.09 bits per heavy atom. The van der Waals surface area contributed by atoms with Crippen LogP contribution in [0.2, 0.25) is 5.02 Å². The molecule has 1 aromatic carbocycles. The van der Waals surface area contributed by atoms with Gasteiger partial charge < -0.3 is 15.2 Å². The molecule has 3 rings (SSSR count). The van der Waals surface area contributed by atoms with Crippen molar-refractivity contribution in [3.63, 3.8) is 0 Å². The van der Waals surface area contributed by atoms with E-state index in [1.165, 1.54) is 6.20 Å². The van der Waals surface area contributed by atoms with Crippen molar-refractivity contribution in [3.05, 3.63) is 46.8 Å². The monoisotopic (exact) mass is 316 g/mol. The molecule has 0 bridgehead atoms. The van der Waals surface area contributed by atoms with E-state index >= 15 is 0 Å². The van der Waals surface area contributed by atoms with Crippen molar-refractivity contribution < 1.29 is 4.52 Å². The molecule has 0 atom stereocenters. The molecule has 0 aliphatic heterocycles. The number of nitrogens with one attached hydrogen (secondary N) is 2. The Kier molecular flexibility index (Phi) is 3.88. The van der Waals surface area contributed by atoms with Gasteiger partial charge in [0.2, 0.25) is 5.95 Å². The molecule has 7 nitrogen and oxygen atoms in total. The lowest BCUT2D eigenvalue weighted by atomic mass is 10.2. The third kappa shape index (κ3) is 3.32. The Balaban J connectivity index is 1.80. The van der Waals surface area contributed by atoms with Gasteiger partial charge in [0, 0.05) is 16.8 Å². The van der Waals surface area contributed by atoms with Gasteiger partial charge in [-0.05, 0) is 31.5 Å². The predicted octanol–water partition coefficient (Wildman–Crippen LogP) is 3.62. The lowest BCUT2D eigenvalue weighted by Gasteiger charge is -2.08. The minimum atomic E-state index is 0.357. The highest BCUT2D eigenvalue weighted by atomic mass is 35.5. The Labute approximate surface area is 131 Å².